The van der Waals surface area contributed by atoms with Gasteiger partial charge in [-0.1, -0.05) is 218 Å². The van der Waals surface area contributed by atoms with E-state index in [1.807, 2.05) is 23.5 Å². The van der Waals surface area contributed by atoms with Crippen molar-refractivity contribution in [3.63, 3.8) is 0 Å². The van der Waals surface area contributed by atoms with E-state index in [2.05, 4.69) is 273 Å². The molecular weight excluding hydrogens is 1330 g/mol. The number of pyridine rings is 1. The van der Waals surface area contributed by atoms with Crippen LogP contribution in [0.25, 0.3) is 123 Å². The van der Waals surface area contributed by atoms with E-state index < -0.39 is 0 Å². The second-order valence-electron chi connectivity index (χ2n) is 32.6. The average molecular weight is 1400 g/mol. The molecule has 12 aromatic carbocycles. The Morgan fingerprint density at radius 2 is 0.679 bits per heavy atom. The van der Waals surface area contributed by atoms with Gasteiger partial charge in [0.2, 0.25) is 0 Å². The van der Waals surface area contributed by atoms with E-state index in [1.165, 1.54) is 150 Å². The van der Waals surface area contributed by atoms with Crippen LogP contribution in [0.2, 0.25) is 0 Å². The second-order valence-corrected chi connectivity index (χ2v) is 34.7. The minimum Gasteiger partial charge on any atom is -0.455 e. The van der Waals surface area contributed by atoms with Crippen LogP contribution in [0, 0.1) is 47.3 Å². The van der Waals surface area contributed by atoms with Crippen LogP contribution in [0.15, 0.2) is 293 Å². The smallest absolute Gasteiger partial charge is 0.160 e. The zero-order valence-corrected chi connectivity index (χ0v) is 60.3. The number of hydrogen-bond donors (Lipinski definition) is 0. The van der Waals surface area contributed by atoms with Gasteiger partial charge in [-0.25, -0.2) is 15.0 Å². The first-order chi connectivity index (χ1) is 52.3. The van der Waals surface area contributed by atoms with Crippen LogP contribution in [-0.4, -0.2) is 15.0 Å². The topological polar surface area (TPSA) is 57.1 Å². The highest BCUT2D eigenvalue weighted by Crippen LogP contribution is 2.74. The molecule has 0 radical (unpaired) electrons. The van der Waals surface area contributed by atoms with Crippen molar-refractivity contribution in [2.45, 2.75) is 94.6 Å². The molecule has 26 rings (SSSR count). The molecule has 0 N–H and O–H groups in total. The lowest BCUT2D eigenvalue weighted by Crippen LogP contribution is -2.55. The summed E-state index contributed by atoms with van der Waals surface area (Å²) in [4.78, 5) is 21.7. The third kappa shape index (κ3) is 9.02. The summed E-state index contributed by atoms with van der Waals surface area (Å²) in [5, 5.41) is 2.44. The Kier molecular flexibility index (Phi) is 13.1. The van der Waals surface area contributed by atoms with E-state index in [9.17, 15) is 0 Å². The van der Waals surface area contributed by atoms with Crippen LogP contribution in [0.4, 0.5) is 0 Å². The predicted octanol–water partition coefficient (Wildman–Crippen LogP) is 26.3. The van der Waals surface area contributed by atoms with E-state index in [1.54, 1.807) is 5.56 Å². The fourth-order valence-electron chi connectivity index (χ4n) is 23.2. The standard InChI is InChI=1S/C99H73N3O2S2/c1-2-12-65(13-3-1)85-55-86(102-97(101-85)71-32-34-78-82(52-71)99(75-45-58-40-59(47-75)48-76(99)46-58)80-36-38-90-96(94(78)80)106-92-20-9-7-18-88(92)104-90)68-16-10-15-67(49-68)63-25-21-61(22-26-63)62-23-27-64(28-24-62)72-53-83(69-30-29-60-11-4-5-14-66(60)50-69)100-84(54-72)70-31-33-77-81(51-70)98(73-41-56-39-57(43-73)44-74(98)42-56)79-35-37-89-95(93(77)79)105-91-19-8-6-17-87(91)103-89/h1-38,49-59,73-76H,39-48H2. The number of ether oxygens (including phenoxy) is 2. The van der Waals surface area contributed by atoms with Gasteiger partial charge in [0.15, 0.2) is 5.82 Å². The Morgan fingerprint density at radius 3 is 1.25 bits per heavy atom. The highest BCUT2D eigenvalue weighted by molar-refractivity contribution is 8.00. The molecule has 14 aromatic rings. The molecule has 0 atom stereocenters. The largest absolute Gasteiger partial charge is 0.455 e. The molecule has 0 unspecified atom stereocenters. The Balaban J connectivity index is 0.564. The molecule has 7 heteroatoms. The van der Waals surface area contributed by atoms with Gasteiger partial charge in [-0.05, 0) is 268 Å². The Labute approximate surface area is 626 Å². The maximum atomic E-state index is 6.75. The normalized spacial score (nSPS) is 24.2. The van der Waals surface area contributed by atoms with E-state index in [4.69, 9.17) is 24.4 Å². The summed E-state index contributed by atoms with van der Waals surface area (Å²) in [6, 6.07) is 102. The number of benzene rings is 12. The number of rotatable bonds is 8. The zero-order valence-electron chi connectivity index (χ0n) is 58.6. The third-order valence-electron chi connectivity index (χ3n) is 27.2. The van der Waals surface area contributed by atoms with Gasteiger partial charge in [0.25, 0.3) is 0 Å². The fraction of sp³-hybridized carbons (Fsp3) is 0.202. The second kappa shape index (κ2) is 23.0. The van der Waals surface area contributed by atoms with Crippen molar-refractivity contribution in [3.05, 3.63) is 295 Å². The molecule has 2 aliphatic heterocycles. The summed E-state index contributed by atoms with van der Waals surface area (Å²) < 4.78 is 13.5. The predicted molar refractivity (Wildman–Crippen MR) is 429 cm³/mol. The SMILES string of the molecule is c1ccc(-c2cc(-c3cccc(-c4ccc(-c5ccc(-c6cc(-c7ccc8c(c7)C7(c9ccc%10c(c9-8)Sc8ccccc8O%10)C8CC9CC(C8)CC7C9)nc(-c7ccc8ccccc8c7)c6)cc5)cc4)c3)nc(-c3ccc4c(c3)C3(c5ccc6c(c5-4)Sc4ccccc4O6)C4CC5CC(C4)CC3C5)n2)cc1. The quantitative estimate of drug-likeness (QED) is 0.150. The van der Waals surface area contributed by atoms with Gasteiger partial charge >= 0.3 is 0 Å². The summed E-state index contributed by atoms with van der Waals surface area (Å²) in [7, 11) is 0. The molecule has 4 heterocycles. The molecule has 5 nitrogen and oxygen atoms in total. The van der Waals surface area contributed by atoms with Gasteiger partial charge in [-0.2, -0.15) is 0 Å². The number of hydrogen-bond acceptors (Lipinski definition) is 7. The Hall–Kier alpha value is -10.6. The van der Waals surface area contributed by atoms with Crippen LogP contribution in [-0.2, 0) is 10.8 Å². The van der Waals surface area contributed by atoms with Crippen molar-refractivity contribution in [1.29, 1.82) is 0 Å². The van der Waals surface area contributed by atoms with E-state index in [0.29, 0.717) is 23.7 Å². The molecule has 2 spiro atoms. The summed E-state index contributed by atoms with van der Waals surface area (Å²) in [5.74, 6) is 10.4. The number of para-hydroxylation sites is 2. The lowest BCUT2D eigenvalue weighted by atomic mass is 9.43. The van der Waals surface area contributed by atoms with Crippen molar-refractivity contribution in [3.8, 4) is 135 Å². The summed E-state index contributed by atoms with van der Waals surface area (Å²) in [6.45, 7) is 0. The molecule has 106 heavy (non-hydrogen) atoms. The van der Waals surface area contributed by atoms with Crippen molar-refractivity contribution in [2.24, 2.45) is 47.3 Å². The molecular formula is C99H73N3O2S2. The zero-order chi connectivity index (χ0) is 69.1. The van der Waals surface area contributed by atoms with Crippen molar-refractivity contribution in [2.75, 3.05) is 0 Å². The highest BCUT2D eigenvalue weighted by Gasteiger charge is 2.64. The van der Waals surface area contributed by atoms with Gasteiger partial charge in [-0.15, -0.1) is 0 Å². The van der Waals surface area contributed by atoms with Crippen molar-refractivity contribution >= 4 is 34.3 Å². The van der Waals surface area contributed by atoms with E-state index >= 15 is 0 Å². The van der Waals surface area contributed by atoms with Crippen LogP contribution < -0.4 is 9.47 Å². The van der Waals surface area contributed by atoms with Gasteiger partial charge in [0.1, 0.15) is 23.0 Å². The summed E-state index contributed by atoms with van der Waals surface area (Å²) in [6.07, 6.45) is 13.3. The molecule has 0 amide bonds. The fourth-order valence-corrected chi connectivity index (χ4v) is 25.4. The van der Waals surface area contributed by atoms with Crippen LogP contribution in [0.1, 0.15) is 86.5 Å². The first-order valence-corrected chi connectivity index (χ1v) is 40.3. The van der Waals surface area contributed by atoms with Crippen molar-refractivity contribution < 1.29 is 9.47 Å². The van der Waals surface area contributed by atoms with Crippen LogP contribution in [0.5, 0.6) is 23.0 Å². The molecule has 508 valence electrons. The number of nitrogens with zero attached hydrogens (tertiary/aromatic N) is 3. The van der Waals surface area contributed by atoms with E-state index in [-0.39, 0.29) is 10.8 Å². The summed E-state index contributed by atoms with van der Waals surface area (Å²) >= 11 is 3.78. The van der Waals surface area contributed by atoms with Gasteiger partial charge < -0.3 is 9.47 Å². The van der Waals surface area contributed by atoms with Gasteiger partial charge in [0.05, 0.1) is 42.4 Å². The van der Waals surface area contributed by atoms with Crippen LogP contribution in [0.3, 0.4) is 0 Å². The minimum absolute atomic E-state index is 0.0312. The maximum Gasteiger partial charge on any atom is 0.160 e. The Bertz CT molecular complexity index is 6020. The number of aromatic nitrogens is 3. The molecule has 8 bridgehead atoms. The maximum absolute atomic E-state index is 6.75. The van der Waals surface area contributed by atoms with Gasteiger partial charge in [-0.3, -0.25) is 0 Å². The Morgan fingerprint density at radius 1 is 0.264 bits per heavy atom. The first kappa shape index (κ1) is 60.7. The van der Waals surface area contributed by atoms with Gasteiger partial charge in [0, 0.05) is 49.8 Å². The summed E-state index contributed by atoms with van der Waals surface area (Å²) in [5.41, 5.74) is 27.8. The monoisotopic (exact) mass is 1400 g/mol. The van der Waals surface area contributed by atoms with Crippen molar-refractivity contribution in [1.82, 2.24) is 15.0 Å². The molecule has 10 aliphatic carbocycles. The molecule has 2 aromatic heterocycles. The molecule has 12 aliphatic rings. The molecule has 8 saturated carbocycles. The lowest BCUT2D eigenvalue weighted by Gasteiger charge is -2.61. The van der Waals surface area contributed by atoms with E-state index in [0.717, 1.165) is 120 Å². The third-order valence-corrected chi connectivity index (χ3v) is 29.5. The molecule has 0 saturated heterocycles. The number of fused-ring (bicyclic) bond motifs is 13. The average Bonchev–Trinajstić information content (AvgIpc) is 1.50. The minimum atomic E-state index is -0.0496. The highest BCUT2D eigenvalue weighted by atomic mass is 32.2. The molecule has 8 fully saturated rings. The lowest BCUT2D eigenvalue weighted by molar-refractivity contribution is -0.0400. The first-order valence-electron chi connectivity index (χ1n) is 38.7. The van der Waals surface area contributed by atoms with Crippen LogP contribution >= 0.6 is 23.5 Å².